The normalized spacial score (nSPS) is 16.7. The van der Waals surface area contributed by atoms with Crippen molar-refractivity contribution in [1.29, 1.82) is 0 Å². The van der Waals surface area contributed by atoms with Gasteiger partial charge in [-0.3, -0.25) is 4.79 Å². The minimum absolute atomic E-state index is 0.137. The first-order chi connectivity index (χ1) is 12.6. The molecule has 0 unspecified atom stereocenters. The molecule has 0 saturated heterocycles. The minimum atomic E-state index is 0.137. The summed E-state index contributed by atoms with van der Waals surface area (Å²) in [6.45, 7) is 4.23. The molecule has 138 valence electrons. The molecule has 1 N–H and O–H groups in total. The number of carbonyl (C=O) groups is 1. The molecule has 1 aromatic carbocycles. The zero-order valence-electron chi connectivity index (χ0n) is 15.5. The van der Waals surface area contributed by atoms with Crippen molar-refractivity contribution in [3.63, 3.8) is 0 Å². The number of rotatable bonds is 8. The molecule has 4 rings (SSSR count). The first-order valence-electron chi connectivity index (χ1n) is 9.53. The summed E-state index contributed by atoms with van der Waals surface area (Å²) in [5, 5.41) is 7.21. The van der Waals surface area contributed by atoms with Gasteiger partial charge in [0.15, 0.2) is 0 Å². The third-order valence-corrected chi connectivity index (χ3v) is 5.44. The average molecular weight is 354 g/mol. The molecule has 5 heteroatoms. The Morgan fingerprint density at radius 3 is 2.38 bits per heavy atom. The van der Waals surface area contributed by atoms with Crippen LogP contribution in [0.2, 0.25) is 0 Å². The van der Waals surface area contributed by atoms with Crippen LogP contribution in [0.3, 0.4) is 0 Å². The van der Waals surface area contributed by atoms with Crippen molar-refractivity contribution in [2.75, 3.05) is 0 Å². The van der Waals surface area contributed by atoms with E-state index in [1.165, 1.54) is 25.7 Å². The third-order valence-electron chi connectivity index (χ3n) is 5.44. The number of nitrogens with one attached hydrogen (secondary N) is 1. The summed E-state index contributed by atoms with van der Waals surface area (Å²) in [5.41, 5.74) is 2.86. The van der Waals surface area contributed by atoms with E-state index < -0.39 is 0 Å². The van der Waals surface area contributed by atoms with E-state index in [0.717, 1.165) is 40.2 Å². The van der Waals surface area contributed by atoms with Crippen LogP contribution in [0.5, 0.6) is 5.75 Å². The Balaban J connectivity index is 1.29. The maximum absolute atomic E-state index is 12.4. The number of amides is 1. The largest absolute Gasteiger partial charge is 0.489 e. The fourth-order valence-electron chi connectivity index (χ4n) is 3.52. The number of aryl methyl sites for hydroxylation is 2. The van der Waals surface area contributed by atoms with Gasteiger partial charge in [-0.25, -0.2) is 0 Å². The fraction of sp³-hybridized carbons (Fsp3) is 0.524. The van der Waals surface area contributed by atoms with E-state index in [0.29, 0.717) is 19.1 Å². The number of hydrogen-bond acceptors (Lipinski definition) is 4. The zero-order valence-corrected chi connectivity index (χ0v) is 15.5. The van der Waals surface area contributed by atoms with Gasteiger partial charge in [0.05, 0.1) is 17.7 Å². The average Bonchev–Trinajstić information content (AvgIpc) is 3.53. The number of benzene rings is 1. The van der Waals surface area contributed by atoms with Crippen LogP contribution in [-0.4, -0.2) is 17.1 Å². The van der Waals surface area contributed by atoms with Gasteiger partial charge in [0.1, 0.15) is 18.1 Å². The maximum atomic E-state index is 12.4. The predicted molar refractivity (Wildman–Crippen MR) is 97.8 cm³/mol. The summed E-state index contributed by atoms with van der Waals surface area (Å²) in [6.07, 6.45) is 5.54. The number of hydrogen-bond donors (Lipinski definition) is 1. The summed E-state index contributed by atoms with van der Waals surface area (Å²) in [5.74, 6) is 3.16. The second-order valence-electron chi connectivity index (χ2n) is 7.68. The summed E-state index contributed by atoms with van der Waals surface area (Å²) in [7, 11) is 0. The second kappa shape index (κ2) is 7.14. The van der Waals surface area contributed by atoms with Gasteiger partial charge >= 0.3 is 0 Å². The highest BCUT2D eigenvalue weighted by atomic mass is 16.5. The van der Waals surface area contributed by atoms with Crippen molar-refractivity contribution in [2.45, 2.75) is 58.6 Å². The van der Waals surface area contributed by atoms with E-state index >= 15 is 0 Å². The van der Waals surface area contributed by atoms with Gasteiger partial charge in [-0.05, 0) is 69.1 Å². The highest BCUT2D eigenvalue weighted by molar-refractivity contribution is 5.79. The van der Waals surface area contributed by atoms with Gasteiger partial charge in [-0.15, -0.1) is 0 Å². The Morgan fingerprint density at radius 1 is 1.19 bits per heavy atom. The van der Waals surface area contributed by atoms with E-state index in [1.807, 2.05) is 38.1 Å². The van der Waals surface area contributed by atoms with E-state index in [9.17, 15) is 4.79 Å². The standard InChI is InChI=1S/C21H26N2O3/c1-13-19(14(2)26-23-13)12-25-18-9-3-15(4-10-18)11-20(24)22-21(16-5-6-16)17-7-8-17/h3-4,9-10,16-17,21H,5-8,11-12H2,1-2H3,(H,22,24). The first-order valence-corrected chi connectivity index (χ1v) is 9.53. The molecule has 2 saturated carbocycles. The van der Waals surface area contributed by atoms with Crippen molar-refractivity contribution < 1.29 is 14.1 Å². The molecule has 1 amide bonds. The number of nitrogens with zero attached hydrogens (tertiary/aromatic N) is 1. The minimum Gasteiger partial charge on any atom is -0.489 e. The van der Waals surface area contributed by atoms with Gasteiger partial charge in [0, 0.05) is 6.04 Å². The Morgan fingerprint density at radius 2 is 1.85 bits per heavy atom. The molecule has 2 fully saturated rings. The molecule has 2 aromatic rings. The van der Waals surface area contributed by atoms with E-state index in [2.05, 4.69) is 10.5 Å². The van der Waals surface area contributed by atoms with Crippen molar-refractivity contribution in [3.8, 4) is 5.75 Å². The maximum Gasteiger partial charge on any atom is 0.224 e. The Kier molecular flexibility index (Phi) is 4.70. The number of ether oxygens (including phenoxy) is 1. The molecular weight excluding hydrogens is 328 g/mol. The van der Waals surface area contributed by atoms with Crippen LogP contribution in [0.1, 0.15) is 48.3 Å². The molecule has 2 aliphatic carbocycles. The van der Waals surface area contributed by atoms with Gasteiger partial charge in [0.25, 0.3) is 0 Å². The highest BCUT2D eigenvalue weighted by Crippen LogP contribution is 2.44. The number of carbonyl (C=O) groups excluding carboxylic acids is 1. The SMILES string of the molecule is Cc1noc(C)c1COc1ccc(CC(=O)NC(C2CC2)C2CC2)cc1. The van der Waals surface area contributed by atoms with Crippen molar-refractivity contribution in [3.05, 3.63) is 46.8 Å². The van der Waals surface area contributed by atoms with Gasteiger partial charge in [-0.1, -0.05) is 17.3 Å². The lowest BCUT2D eigenvalue weighted by atomic mass is 10.1. The molecule has 0 bridgehead atoms. The summed E-state index contributed by atoms with van der Waals surface area (Å²) < 4.78 is 11.0. The third kappa shape index (κ3) is 4.09. The Labute approximate surface area is 154 Å². The van der Waals surface area contributed by atoms with Gasteiger partial charge in [0.2, 0.25) is 5.91 Å². The summed E-state index contributed by atoms with van der Waals surface area (Å²) in [4.78, 5) is 12.4. The van der Waals surface area contributed by atoms with E-state index in [4.69, 9.17) is 9.26 Å². The van der Waals surface area contributed by atoms with Crippen molar-refractivity contribution in [2.24, 2.45) is 11.8 Å². The molecule has 1 aromatic heterocycles. The van der Waals surface area contributed by atoms with Crippen LogP contribution in [0, 0.1) is 25.7 Å². The number of aromatic nitrogens is 1. The van der Waals surface area contributed by atoms with Crippen LogP contribution in [0.25, 0.3) is 0 Å². The quantitative estimate of drug-likeness (QED) is 0.785. The van der Waals surface area contributed by atoms with E-state index in [1.54, 1.807) is 0 Å². The molecular formula is C21H26N2O3. The Hall–Kier alpha value is -2.30. The molecule has 2 aliphatic rings. The summed E-state index contributed by atoms with van der Waals surface area (Å²) >= 11 is 0. The van der Waals surface area contributed by atoms with Crippen LogP contribution < -0.4 is 10.1 Å². The lowest BCUT2D eigenvalue weighted by Gasteiger charge is -2.17. The van der Waals surface area contributed by atoms with Gasteiger partial charge in [-0.2, -0.15) is 0 Å². The van der Waals surface area contributed by atoms with E-state index in [-0.39, 0.29) is 5.91 Å². The van der Waals surface area contributed by atoms with Crippen LogP contribution >= 0.6 is 0 Å². The molecule has 0 radical (unpaired) electrons. The second-order valence-corrected chi connectivity index (χ2v) is 7.68. The monoisotopic (exact) mass is 354 g/mol. The smallest absolute Gasteiger partial charge is 0.224 e. The molecule has 1 heterocycles. The molecule has 5 nitrogen and oxygen atoms in total. The topological polar surface area (TPSA) is 64.4 Å². The van der Waals surface area contributed by atoms with Crippen molar-refractivity contribution >= 4 is 5.91 Å². The molecule has 0 spiro atoms. The van der Waals surface area contributed by atoms with Crippen molar-refractivity contribution in [1.82, 2.24) is 10.5 Å². The van der Waals surface area contributed by atoms with Crippen LogP contribution in [-0.2, 0) is 17.8 Å². The predicted octanol–water partition coefficient (Wildman–Crippen LogP) is 3.72. The van der Waals surface area contributed by atoms with Crippen LogP contribution in [0.4, 0.5) is 0 Å². The molecule has 26 heavy (non-hydrogen) atoms. The zero-order chi connectivity index (χ0) is 18.1. The lowest BCUT2D eigenvalue weighted by Crippen LogP contribution is -2.38. The van der Waals surface area contributed by atoms with Gasteiger partial charge < -0.3 is 14.6 Å². The fourth-order valence-corrected chi connectivity index (χ4v) is 3.52. The molecule has 0 atom stereocenters. The van der Waals surface area contributed by atoms with Crippen LogP contribution in [0.15, 0.2) is 28.8 Å². The lowest BCUT2D eigenvalue weighted by molar-refractivity contribution is -0.121. The summed E-state index contributed by atoms with van der Waals surface area (Å²) in [6, 6.07) is 8.18. The molecule has 0 aliphatic heterocycles. The first kappa shape index (κ1) is 17.1. The Bertz CT molecular complexity index is 742. The highest BCUT2D eigenvalue weighted by Gasteiger charge is 2.42.